The van der Waals surface area contributed by atoms with Crippen LogP contribution < -0.4 is 5.56 Å². The molecule has 0 saturated carbocycles. The van der Waals surface area contributed by atoms with Crippen molar-refractivity contribution in [3.8, 4) is 0 Å². The van der Waals surface area contributed by atoms with Crippen molar-refractivity contribution >= 4 is 49.6 Å². The fourth-order valence-electron chi connectivity index (χ4n) is 2.41. The molecule has 0 aromatic carbocycles. The SMILES string of the molecule is Cc1cc(=O)n2nc(CSc3ncnc4sc(C)c(C)c34)sc2n1. The Morgan fingerprint density at radius 1 is 1.21 bits per heavy atom. The van der Waals surface area contributed by atoms with E-state index in [1.807, 2.05) is 6.92 Å². The lowest BCUT2D eigenvalue weighted by molar-refractivity contribution is 0.870. The molecule has 4 heterocycles. The Labute approximate surface area is 149 Å². The molecule has 0 atom stereocenters. The highest BCUT2D eigenvalue weighted by atomic mass is 32.2. The molecule has 4 aromatic heterocycles. The normalized spacial score (nSPS) is 11.6. The van der Waals surface area contributed by atoms with Gasteiger partial charge in [-0.15, -0.1) is 11.3 Å². The summed E-state index contributed by atoms with van der Waals surface area (Å²) < 4.78 is 1.36. The van der Waals surface area contributed by atoms with Crippen molar-refractivity contribution in [3.05, 3.63) is 43.9 Å². The van der Waals surface area contributed by atoms with Gasteiger partial charge in [-0.25, -0.2) is 15.0 Å². The minimum Gasteiger partial charge on any atom is -0.267 e. The quantitative estimate of drug-likeness (QED) is 0.404. The Balaban J connectivity index is 1.68. The van der Waals surface area contributed by atoms with Gasteiger partial charge in [-0.05, 0) is 26.3 Å². The number of nitrogens with zero attached hydrogens (tertiary/aromatic N) is 5. The number of thioether (sulfide) groups is 1. The van der Waals surface area contributed by atoms with Gasteiger partial charge in [0.15, 0.2) is 0 Å². The maximum Gasteiger partial charge on any atom is 0.275 e. The van der Waals surface area contributed by atoms with E-state index < -0.39 is 0 Å². The van der Waals surface area contributed by atoms with E-state index in [1.165, 1.54) is 32.4 Å². The zero-order valence-electron chi connectivity index (χ0n) is 13.2. The molecule has 0 saturated heterocycles. The third-order valence-corrected chi connectivity index (χ3v) is 6.89. The predicted molar refractivity (Wildman–Crippen MR) is 98.3 cm³/mol. The first-order valence-electron chi connectivity index (χ1n) is 7.23. The number of hydrogen-bond donors (Lipinski definition) is 0. The summed E-state index contributed by atoms with van der Waals surface area (Å²) in [5, 5.41) is 7.31. The van der Waals surface area contributed by atoms with Crippen molar-refractivity contribution in [1.29, 1.82) is 0 Å². The highest BCUT2D eigenvalue weighted by Crippen LogP contribution is 2.35. The van der Waals surface area contributed by atoms with E-state index in [4.69, 9.17) is 0 Å². The number of hydrogen-bond acceptors (Lipinski definition) is 8. The second kappa shape index (κ2) is 5.91. The summed E-state index contributed by atoms with van der Waals surface area (Å²) >= 11 is 4.74. The predicted octanol–water partition coefficient (Wildman–Crippen LogP) is 3.37. The van der Waals surface area contributed by atoms with Gasteiger partial charge in [-0.2, -0.15) is 9.61 Å². The fourth-order valence-corrected chi connectivity index (χ4v) is 5.46. The summed E-state index contributed by atoms with van der Waals surface area (Å²) in [6, 6.07) is 1.50. The van der Waals surface area contributed by atoms with E-state index in [0.29, 0.717) is 16.4 Å². The zero-order chi connectivity index (χ0) is 16.8. The van der Waals surface area contributed by atoms with Crippen LogP contribution >= 0.6 is 34.4 Å². The van der Waals surface area contributed by atoms with E-state index >= 15 is 0 Å². The lowest BCUT2D eigenvalue weighted by Crippen LogP contribution is -2.14. The molecule has 0 N–H and O–H groups in total. The van der Waals surface area contributed by atoms with Crippen LogP contribution in [0.4, 0.5) is 0 Å². The summed E-state index contributed by atoms with van der Waals surface area (Å²) in [7, 11) is 0. The molecule has 9 heteroatoms. The summed E-state index contributed by atoms with van der Waals surface area (Å²) in [5.41, 5.74) is 1.80. The first-order chi connectivity index (χ1) is 11.5. The van der Waals surface area contributed by atoms with Crippen molar-refractivity contribution in [3.63, 3.8) is 0 Å². The van der Waals surface area contributed by atoms with E-state index in [9.17, 15) is 4.79 Å². The fraction of sp³-hybridized carbons (Fsp3) is 0.267. The van der Waals surface area contributed by atoms with Crippen LogP contribution in [-0.2, 0) is 5.75 Å². The third-order valence-electron chi connectivity index (χ3n) is 3.68. The second-order valence-electron chi connectivity index (χ2n) is 5.36. The molecule has 0 radical (unpaired) electrons. The smallest absolute Gasteiger partial charge is 0.267 e. The summed E-state index contributed by atoms with van der Waals surface area (Å²) in [6.07, 6.45) is 1.60. The van der Waals surface area contributed by atoms with Crippen LogP contribution in [-0.4, -0.2) is 24.6 Å². The highest BCUT2D eigenvalue weighted by Gasteiger charge is 2.14. The van der Waals surface area contributed by atoms with Crippen molar-refractivity contribution in [1.82, 2.24) is 24.6 Å². The van der Waals surface area contributed by atoms with Gasteiger partial charge < -0.3 is 0 Å². The Hall–Kier alpha value is -1.84. The van der Waals surface area contributed by atoms with Crippen LogP contribution in [0.2, 0.25) is 0 Å². The molecule has 0 aliphatic heterocycles. The van der Waals surface area contributed by atoms with Gasteiger partial charge in [0.25, 0.3) is 5.56 Å². The summed E-state index contributed by atoms with van der Waals surface area (Å²) in [4.78, 5) is 28.0. The first-order valence-corrected chi connectivity index (χ1v) is 9.84. The lowest BCUT2D eigenvalue weighted by atomic mass is 10.2. The molecule has 0 aliphatic carbocycles. The Kier molecular flexibility index (Phi) is 3.86. The third kappa shape index (κ3) is 2.62. The second-order valence-corrected chi connectivity index (χ2v) is 8.56. The topological polar surface area (TPSA) is 73.0 Å². The van der Waals surface area contributed by atoms with E-state index in [2.05, 4.69) is 33.9 Å². The van der Waals surface area contributed by atoms with Crippen LogP contribution in [0.3, 0.4) is 0 Å². The molecule has 0 amide bonds. The molecule has 24 heavy (non-hydrogen) atoms. The minimum absolute atomic E-state index is 0.140. The van der Waals surface area contributed by atoms with Gasteiger partial charge in [-0.3, -0.25) is 4.79 Å². The van der Waals surface area contributed by atoms with Crippen LogP contribution in [0.5, 0.6) is 0 Å². The van der Waals surface area contributed by atoms with Crippen LogP contribution in [0.25, 0.3) is 15.2 Å². The van der Waals surface area contributed by atoms with Crippen molar-refractivity contribution in [2.45, 2.75) is 31.6 Å². The maximum atomic E-state index is 12.0. The highest BCUT2D eigenvalue weighted by molar-refractivity contribution is 7.98. The zero-order valence-corrected chi connectivity index (χ0v) is 15.7. The monoisotopic (exact) mass is 375 g/mol. The molecule has 0 bridgehead atoms. The molecule has 0 aliphatic rings. The maximum absolute atomic E-state index is 12.0. The van der Waals surface area contributed by atoms with Gasteiger partial charge in [0.1, 0.15) is 21.2 Å². The number of fused-ring (bicyclic) bond motifs is 2. The number of aromatic nitrogens is 5. The van der Waals surface area contributed by atoms with Gasteiger partial charge in [-0.1, -0.05) is 23.1 Å². The average Bonchev–Trinajstić information content (AvgIpc) is 3.07. The average molecular weight is 376 g/mol. The van der Waals surface area contributed by atoms with Crippen molar-refractivity contribution < 1.29 is 0 Å². The number of thiophene rings is 1. The van der Waals surface area contributed by atoms with Crippen LogP contribution in [0.15, 0.2) is 22.2 Å². The molecular formula is C15H13N5OS3. The molecule has 4 aromatic rings. The standard InChI is InChI=1S/C15H13N5OS3/c1-7-4-11(21)20-15(18-7)24-10(19-20)5-22-13-12-8(2)9(3)23-14(12)17-6-16-13/h4,6H,5H2,1-3H3. The van der Waals surface area contributed by atoms with Crippen LogP contribution in [0.1, 0.15) is 21.1 Å². The van der Waals surface area contributed by atoms with Gasteiger partial charge in [0.2, 0.25) is 4.96 Å². The first kappa shape index (κ1) is 15.7. The molecule has 0 fully saturated rings. The molecule has 6 nitrogen and oxygen atoms in total. The minimum atomic E-state index is -0.140. The lowest BCUT2D eigenvalue weighted by Gasteiger charge is -2.01. The Bertz CT molecular complexity index is 1130. The van der Waals surface area contributed by atoms with E-state index in [-0.39, 0.29) is 5.56 Å². The summed E-state index contributed by atoms with van der Waals surface area (Å²) in [5.74, 6) is 0.646. The van der Waals surface area contributed by atoms with Gasteiger partial charge in [0, 0.05) is 22.0 Å². The van der Waals surface area contributed by atoms with Crippen molar-refractivity contribution in [2.75, 3.05) is 0 Å². The Morgan fingerprint density at radius 3 is 2.88 bits per heavy atom. The molecule has 122 valence electrons. The summed E-state index contributed by atoms with van der Waals surface area (Å²) in [6.45, 7) is 6.02. The molecule has 0 spiro atoms. The number of rotatable bonds is 3. The molecular weight excluding hydrogens is 362 g/mol. The van der Waals surface area contributed by atoms with E-state index in [0.717, 1.165) is 20.3 Å². The van der Waals surface area contributed by atoms with Crippen molar-refractivity contribution in [2.24, 2.45) is 0 Å². The molecule has 4 rings (SSSR count). The largest absolute Gasteiger partial charge is 0.275 e. The van der Waals surface area contributed by atoms with Crippen LogP contribution in [0, 0.1) is 20.8 Å². The van der Waals surface area contributed by atoms with Gasteiger partial charge in [0.05, 0.1) is 5.75 Å². The molecule has 0 unspecified atom stereocenters. The van der Waals surface area contributed by atoms with Gasteiger partial charge >= 0.3 is 0 Å². The van der Waals surface area contributed by atoms with E-state index in [1.54, 1.807) is 29.4 Å². The Morgan fingerprint density at radius 2 is 2.04 bits per heavy atom. The number of aryl methyl sites for hydroxylation is 3.